The quantitative estimate of drug-likeness (QED) is 0.0373. The van der Waals surface area contributed by atoms with E-state index in [0.29, 0.717) is 12.8 Å². The Morgan fingerprint density at radius 1 is 0.311 bits per heavy atom. The molecule has 5 nitrogen and oxygen atoms in total. The van der Waals surface area contributed by atoms with Crippen LogP contribution in [0.15, 0.2) is 36.5 Å². The zero-order valence-corrected chi connectivity index (χ0v) is 50.1. The highest BCUT2D eigenvalue weighted by molar-refractivity contribution is 5.70. The topological polar surface area (TPSA) is 72.8 Å². The van der Waals surface area contributed by atoms with E-state index < -0.39 is 6.10 Å². The van der Waals surface area contributed by atoms with Gasteiger partial charge in [0.25, 0.3) is 0 Å². The molecule has 0 aliphatic carbocycles. The van der Waals surface area contributed by atoms with Gasteiger partial charge in [-0.05, 0) is 70.6 Å². The van der Waals surface area contributed by atoms with Gasteiger partial charge in [-0.1, -0.05) is 326 Å². The first-order chi connectivity index (χ1) is 36.6. The van der Waals surface area contributed by atoms with Crippen molar-refractivity contribution in [3.05, 3.63) is 36.5 Å². The number of ether oxygens (including phenoxy) is 2. The van der Waals surface area contributed by atoms with Gasteiger partial charge in [-0.15, -0.1) is 0 Å². The van der Waals surface area contributed by atoms with Crippen LogP contribution in [-0.2, 0) is 19.1 Å². The number of esters is 2. The maximum Gasteiger partial charge on any atom is 0.306 e. The van der Waals surface area contributed by atoms with Crippen molar-refractivity contribution in [1.82, 2.24) is 0 Å². The molecule has 0 fully saturated rings. The normalized spacial score (nSPS) is 12.3. The molecule has 0 amide bonds. The summed E-state index contributed by atoms with van der Waals surface area (Å²) >= 11 is 0. The van der Waals surface area contributed by atoms with Gasteiger partial charge in [0, 0.05) is 12.8 Å². The first-order valence-electron chi connectivity index (χ1n) is 33.5. The minimum absolute atomic E-state index is 0.0612. The summed E-state index contributed by atoms with van der Waals surface area (Å²) in [7, 11) is 0. The second-order valence-electron chi connectivity index (χ2n) is 22.9. The number of aliphatic hydroxyl groups is 1. The molecule has 436 valence electrons. The SMILES string of the molecule is CCCCCCC/C=C\C/C=C\CCCCCCCCCCCCCCCCCCCCCCCCCCCCCC(=O)OC(CO)COC(=O)CCCCCCCCCCC/C=C\CCCCCCCCCC. The van der Waals surface area contributed by atoms with Gasteiger partial charge in [0.05, 0.1) is 6.61 Å². The Kier molecular flexibility index (Phi) is 63.7. The van der Waals surface area contributed by atoms with E-state index in [1.807, 2.05) is 0 Å². The molecule has 0 saturated heterocycles. The van der Waals surface area contributed by atoms with Gasteiger partial charge >= 0.3 is 11.9 Å². The monoisotopic (exact) mass is 1040 g/mol. The summed E-state index contributed by atoms with van der Waals surface area (Å²) in [4.78, 5) is 24.6. The first-order valence-corrected chi connectivity index (χ1v) is 33.5. The average molecular weight is 1040 g/mol. The number of hydrogen-bond donors (Lipinski definition) is 1. The van der Waals surface area contributed by atoms with Crippen molar-refractivity contribution in [3.8, 4) is 0 Å². The maximum absolute atomic E-state index is 12.3. The number of hydrogen-bond acceptors (Lipinski definition) is 5. The van der Waals surface area contributed by atoms with E-state index in [9.17, 15) is 14.7 Å². The van der Waals surface area contributed by atoms with Gasteiger partial charge in [-0.3, -0.25) is 9.59 Å². The Balaban J connectivity index is 3.37. The molecule has 0 bridgehead atoms. The van der Waals surface area contributed by atoms with Crippen LogP contribution in [-0.4, -0.2) is 36.4 Å². The summed E-state index contributed by atoms with van der Waals surface area (Å²) in [5.74, 6) is -0.572. The van der Waals surface area contributed by atoms with Gasteiger partial charge in [0.2, 0.25) is 0 Å². The Bertz CT molecular complexity index is 1170. The Hall–Kier alpha value is -1.88. The maximum atomic E-state index is 12.3. The molecular formula is C69H130O5. The third kappa shape index (κ3) is 62.7. The smallest absolute Gasteiger partial charge is 0.306 e. The summed E-state index contributed by atoms with van der Waals surface area (Å²) in [5.41, 5.74) is 0. The number of allylic oxidation sites excluding steroid dienone is 6. The van der Waals surface area contributed by atoms with E-state index in [0.717, 1.165) is 44.9 Å². The predicted octanol–water partition coefficient (Wildman–Crippen LogP) is 23.0. The van der Waals surface area contributed by atoms with Crippen LogP contribution in [0.3, 0.4) is 0 Å². The van der Waals surface area contributed by atoms with Crippen LogP contribution in [0.25, 0.3) is 0 Å². The van der Waals surface area contributed by atoms with Gasteiger partial charge in [-0.2, -0.15) is 0 Å². The molecule has 0 aromatic heterocycles. The molecular weight excluding hydrogens is 909 g/mol. The van der Waals surface area contributed by atoms with E-state index in [2.05, 4.69) is 50.3 Å². The highest BCUT2D eigenvalue weighted by Gasteiger charge is 2.16. The van der Waals surface area contributed by atoms with Crippen LogP contribution in [0.2, 0.25) is 0 Å². The molecule has 0 aromatic rings. The zero-order valence-electron chi connectivity index (χ0n) is 50.1. The van der Waals surface area contributed by atoms with E-state index >= 15 is 0 Å². The van der Waals surface area contributed by atoms with Crippen LogP contribution in [0.5, 0.6) is 0 Å². The lowest BCUT2D eigenvalue weighted by Crippen LogP contribution is -2.28. The summed E-state index contributed by atoms with van der Waals surface area (Å²) < 4.78 is 10.7. The van der Waals surface area contributed by atoms with Crippen LogP contribution in [0.1, 0.15) is 373 Å². The minimum atomic E-state index is -0.770. The summed E-state index contributed by atoms with van der Waals surface area (Å²) in [6.45, 7) is 4.18. The molecule has 0 aromatic carbocycles. The fraction of sp³-hybridized carbons (Fsp3) is 0.884. The second kappa shape index (κ2) is 65.4. The van der Waals surface area contributed by atoms with E-state index in [4.69, 9.17) is 9.47 Å². The predicted molar refractivity (Wildman–Crippen MR) is 325 cm³/mol. The lowest BCUT2D eigenvalue weighted by atomic mass is 10.0. The van der Waals surface area contributed by atoms with Gasteiger partial charge in [0.15, 0.2) is 6.10 Å². The molecule has 74 heavy (non-hydrogen) atoms. The zero-order chi connectivity index (χ0) is 53.4. The van der Waals surface area contributed by atoms with E-state index in [-0.39, 0.29) is 25.2 Å². The number of carbonyl (C=O) groups excluding carboxylic acids is 2. The molecule has 0 radical (unpaired) electrons. The lowest BCUT2D eigenvalue weighted by Gasteiger charge is -2.15. The van der Waals surface area contributed by atoms with Gasteiger partial charge in [-0.25, -0.2) is 0 Å². The third-order valence-electron chi connectivity index (χ3n) is 15.4. The van der Waals surface area contributed by atoms with Crippen molar-refractivity contribution in [2.24, 2.45) is 0 Å². The number of aliphatic hydroxyl groups excluding tert-OH is 1. The average Bonchev–Trinajstić information content (AvgIpc) is 3.40. The van der Waals surface area contributed by atoms with Crippen LogP contribution in [0.4, 0.5) is 0 Å². The van der Waals surface area contributed by atoms with Crippen LogP contribution < -0.4 is 0 Å². The highest BCUT2D eigenvalue weighted by atomic mass is 16.6. The lowest BCUT2D eigenvalue weighted by molar-refractivity contribution is -0.161. The first kappa shape index (κ1) is 72.1. The van der Waals surface area contributed by atoms with Crippen LogP contribution in [0, 0.1) is 0 Å². The van der Waals surface area contributed by atoms with Crippen molar-refractivity contribution in [1.29, 1.82) is 0 Å². The molecule has 0 spiro atoms. The third-order valence-corrected chi connectivity index (χ3v) is 15.4. The largest absolute Gasteiger partial charge is 0.462 e. The summed E-state index contributed by atoms with van der Waals surface area (Å²) in [6.07, 6.45) is 86.1. The number of carbonyl (C=O) groups is 2. The summed E-state index contributed by atoms with van der Waals surface area (Å²) in [6, 6.07) is 0. The van der Waals surface area contributed by atoms with Crippen molar-refractivity contribution in [2.45, 2.75) is 380 Å². The standard InChI is InChI=1S/C69H130O5/c1-3-5-7-9-11-13-15-17-19-21-23-25-26-27-28-29-30-31-32-33-34-35-36-37-38-39-40-41-42-44-46-48-50-52-54-56-58-60-62-64-69(72)74-67(65-70)66-73-68(71)63-61-59-57-55-53-51-49-47-45-43-24-22-20-18-16-14-12-10-8-6-4-2/h15,17,21-24,67,70H,3-14,16,18-20,25-66H2,1-2H3/b17-15-,23-21-,24-22-. The van der Waals surface area contributed by atoms with Crippen molar-refractivity contribution >= 4 is 11.9 Å². The fourth-order valence-electron chi connectivity index (χ4n) is 10.4. The highest BCUT2D eigenvalue weighted by Crippen LogP contribution is 2.18. The fourth-order valence-corrected chi connectivity index (χ4v) is 10.4. The van der Waals surface area contributed by atoms with Crippen molar-refractivity contribution < 1.29 is 24.2 Å². The molecule has 0 aliphatic rings. The number of unbranched alkanes of at least 4 members (excludes halogenated alkanes) is 49. The molecule has 0 saturated carbocycles. The minimum Gasteiger partial charge on any atom is -0.462 e. The molecule has 0 heterocycles. The van der Waals surface area contributed by atoms with Gasteiger partial charge in [0.1, 0.15) is 6.61 Å². The van der Waals surface area contributed by atoms with Crippen LogP contribution >= 0.6 is 0 Å². The van der Waals surface area contributed by atoms with E-state index in [1.54, 1.807) is 0 Å². The molecule has 1 N–H and O–H groups in total. The molecule has 5 heteroatoms. The molecule has 0 aliphatic heterocycles. The second-order valence-corrected chi connectivity index (χ2v) is 22.9. The molecule has 1 atom stereocenters. The molecule has 1 unspecified atom stereocenters. The van der Waals surface area contributed by atoms with Crippen molar-refractivity contribution in [3.63, 3.8) is 0 Å². The number of rotatable bonds is 63. The van der Waals surface area contributed by atoms with E-state index in [1.165, 1.54) is 302 Å². The Labute approximate surface area is 463 Å². The Morgan fingerprint density at radius 3 is 0.811 bits per heavy atom. The van der Waals surface area contributed by atoms with Gasteiger partial charge < -0.3 is 14.6 Å². The summed E-state index contributed by atoms with van der Waals surface area (Å²) in [5, 5.41) is 9.68. The van der Waals surface area contributed by atoms with Crippen molar-refractivity contribution in [2.75, 3.05) is 13.2 Å². The molecule has 0 rings (SSSR count). The Morgan fingerprint density at radius 2 is 0.541 bits per heavy atom.